The fourth-order valence-corrected chi connectivity index (χ4v) is 7.98. The Morgan fingerprint density at radius 2 is 1.00 bits per heavy atom. The summed E-state index contributed by atoms with van der Waals surface area (Å²) >= 11 is 1.88. The van der Waals surface area contributed by atoms with Gasteiger partial charge in [0.1, 0.15) is 0 Å². The molecule has 0 amide bonds. The molecule has 0 aliphatic heterocycles. The van der Waals surface area contributed by atoms with Crippen LogP contribution in [0, 0.1) is 0 Å². The Morgan fingerprint density at radius 3 is 1.84 bits per heavy atom. The summed E-state index contributed by atoms with van der Waals surface area (Å²) in [5.74, 6) is 0. The summed E-state index contributed by atoms with van der Waals surface area (Å²) in [6.45, 7) is 0. The minimum Gasteiger partial charge on any atom is -0.310 e. The molecule has 0 spiro atoms. The lowest BCUT2D eigenvalue weighted by Crippen LogP contribution is -2.09. The summed E-state index contributed by atoms with van der Waals surface area (Å²) < 4.78 is 2.67. The molecule has 1 nitrogen and oxygen atoms in total. The SMILES string of the molecule is c1ccc(N(c2ccc(-c3cccc4c3sc3ccccc34)cc2)c2ccc3ccc4ccc5ccccc5c4c3c2)cc1. The van der Waals surface area contributed by atoms with E-state index >= 15 is 0 Å². The van der Waals surface area contributed by atoms with Crippen molar-refractivity contribution in [1.29, 1.82) is 0 Å². The molecule has 0 N–H and O–H groups in total. The molecule has 0 saturated heterocycles. The molecule has 0 atom stereocenters. The van der Waals surface area contributed by atoms with Crippen LogP contribution in [-0.2, 0) is 0 Å². The van der Waals surface area contributed by atoms with Crippen molar-refractivity contribution in [2.45, 2.75) is 0 Å². The number of anilines is 3. The van der Waals surface area contributed by atoms with Gasteiger partial charge in [0, 0.05) is 37.2 Å². The molecule has 0 fully saturated rings. The molecule has 9 aromatic rings. The van der Waals surface area contributed by atoms with Gasteiger partial charge in [-0.15, -0.1) is 11.3 Å². The van der Waals surface area contributed by atoms with Crippen molar-refractivity contribution < 1.29 is 0 Å². The number of thiophene rings is 1. The lowest BCUT2D eigenvalue weighted by Gasteiger charge is -2.26. The van der Waals surface area contributed by atoms with E-state index in [1.54, 1.807) is 0 Å². The predicted molar refractivity (Wildman–Crippen MR) is 192 cm³/mol. The Hall–Kier alpha value is -5.44. The first-order chi connectivity index (χ1) is 21.8. The number of hydrogen-bond donors (Lipinski definition) is 0. The normalized spacial score (nSPS) is 11.6. The van der Waals surface area contributed by atoms with E-state index in [4.69, 9.17) is 0 Å². The topological polar surface area (TPSA) is 3.24 Å². The zero-order valence-corrected chi connectivity index (χ0v) is 24.8. The highest BCUT2D eigenvalue weighted by Gasteiger charge is 2.16. The van der Waals surface area contributed by atoms with Crippen LogP contribution in [0.15, 0.2) is 164 Å². The van der Waals surface area contributed by atoms with Gasteiger partial charge in [0.25, 0.3) is 0 Å². The fourth-order valence-electron chi connectivity index (χ4n) is 6.74. The molecule has 0 aliphatic rings. The monoisotopic (exact) mass is 577 g/mol. The van der Waals surface area contributed by atoms with E-state index in [-0.39, 0.29) is 0 Å². The lowest BCUT2D eigenvalue weighted by molar-refractivity contribution is 1.29. The molecule has 0 aliphatic carbocycles. The Labute approximate surface area is 259 Å². The first-order valence-electron chi connectivity index (χ1n) is 15.0. The van der Waals surface area contributed by atoms with Crippen LogP contribution in [0.1, 0.15) is 0 Å². The zero-order valence-electron chi connectivity index (χ0n) is 23.9. The van der Waals surface area contributed by atoms with E-state index in [1.165, 1.54) is 63.6 Å². The molecule has 206 valence electrons. The molecule has 2 heteroatoms. The van der Waals surface area contributed by atoms with Crippen LogP contribution in [0.25, 0.3) is 63.6 Å². The van der Waals surface area contributed by atoms with Gasteiger partial charge >= 0.3 is 0 Å². The number of hydrogen-bond acceptors (Lipinski definition) is 2. The van der Waals surface area contributed by atoms with Gasteiger partial charge in [-0.05, 0) is 85.9 Å². The molecule has 44 heavy (non-hydrogen) atoms. The molecular weight excluding hydrogens is 551 g/mol. The highest BCUT2D eigenvalue weighted by Crippen LogP contribution is 2.42. The van der Waals surface area contributed by atoms with Gasteiger partial charge in [-0.2, -0.15) is 0 Å². The maximum Gasteiger partial charge on any atom is 0.0468 e. The lowest BCUT2D eigenvalue weighted by atomic mass is 9.96. The molecule has 0 unspecified atom stereocenters. The number of nitrogens with zero attached hydrogens (tertiary/aromatic N) is 1. The summed E-state index contributed by atoms with van der Waals surface area (Å²) in [6, 6.07) is 59.7. The second-order valence-electron chi connectivity index (χ2n) is 11.4. The van der Waals surface area contributed by atoms with Gasteiger partial charge in [-0.25, -0.2) is 0 Å². The Balaban J connectivity index is 1.21. The van der Waals surface area contributed by atoms with E-state index < -0.39 is 0 Å². The van der Waals surface area contributed by atoms with Crippen LogP contribution < -0.4 is 4.90 Å². The third-order valence-corrected chi connectivity index (χ3v) is 10.0. The van der Waals surface area contributed by atoms with Crippen LogP contribution >= 0.6 is 11.3 Å². The van der Waals surface area contributed by atoms with Crippen molar-refractivity contribution in [1.82, 2.24) is 0 Å². The summed E-state index contributed by atoms with van der Waals surface area (Å²) in [5.41, 5.74) is 5.92. The smallest absolute Gasteiger partial charge is 0.0468 e. The highest BCUT2D eigenvalue weighted by atomic mass is 32.1. The predicted octanol–water partition coefficient (Wildman–Crippen LogP) is 12.7. The Bertz CT molecular complexity index is 2480. The largest absolute Gasteiger partial charge is 0.310 e. The summed E-state index contributed by atoms with van der Waals surface area (Å²) in [6.07, 6.45) is 0. The molecule has 1 aromatic heterocycles. The average molecular weight is 578 g/mol. The van der Waals surface area contributed by atoms with Crippen molar-refractivity contribution in [3.8, 4) is 11.1 Å². The fraction of sp³-hybridized carbons (Fsp3) is 0. The third-order valence-electron chi connectivity index (χ3n) is 8.82. The van der Waals surface area contributed by atoms with E-state index in [1.807, 2.05) is 11.3 Å². The maximum absolute atomic E-state index is 2.37. The van der Waals surface area contributed by atoms with Crippen molar-refractivity contribution in [2.75, 3.05) is 4.90 Å². The number of benzene rings is 8. The van der Waals surface area contributed by atoms with Gasteiger partial charge in [-0.3, -0.25) is 0 Å². The van der Waals surface area contributed by atoms with Crippen LogP contribution in [0.3, 0.4) is 0 Å². The van der Waals surface area contributed by atoms with Crippen LogP contribution in [0.2, 0.25) is 0 Å². The summed E-state index contributed by atoms with van der Waals surface area (Å²) in [7, 11) is 0. The number of rotatable bonds is 4. The van der Waals surface area contributed by atoms with Crippen molar-refractivity contribution in [3.05, 3.63) is 164 Å². The molecule has 0 radical (unpaired) electrons. The molecule has 8 aromatic carbocycles. The molecule has 0 bridgehead atoms. The second-order valence-corrected chi connectivity index (χ2v) is 12.4. The first kappa shape index (κ1) is 25.1. The van der Waals surface area contributed by atoms with E-state index in [9.17, 15) is 0 Å². The van der Waals surface area contributed by atoms with Crippen molar-refractivity contribution in [2.24, 2.45) is 0 Å². The third kappa shape index (κ3) is 4.00. The highest BCUT2D eigenvalue weighted by molar-refractivity contribution is 7.26. The van der Waals surface area contributed by atoms with E-state index in [0.717, 1.165) is 17.1 Å². The standard InChI is InChI=1S/C42H27NS/c1-2-10-32(11-3-1)43(34-26-23-30-18-20-31-19-17-28-9-4-5-12-35(28)41(31)39(30)27-34)33-24-21-29(22-25-33)36-14-8-15-38-37-13-6-7-16-40(37)44-42(36)38/h1-27H. The quantitative estimate of drug-likeness (QED) is 0.188. The van der Waals surface area contributed by atoms with Crippen LogP contribution in [-0.4, -0.2) is 0 Å². The Morgan fingerprint density at radius 1 is 0.386 bits per heavy atom. The van der Waals surface area contributed by atoms with E-state index in [2.05, 4.69) is 169 Å². The summed E-state index contributed by atoms with van der Waals surface area (Å²) in [4.78, 5) is 2.37. The van der Waals surface area contributed by atoms with Crippen molar-refractivity contribution in [3.63, 3.8) is 0 Å². The Kier molecular flexibility index (Phi) is 5.75. The van der Waals surface area contributed by atoms with Gasteiger partial charge in [0.2, 0.25) is 0 Å². The van der Waals surface area contributed by atoms with Gasteiger partial charge < -0.3 is 4.90 Å². The number of para-hydroxylation sites is 1. The average Bonchev–Trinajstić information content (AvgIpc) is 3.48. The first-order valence-corrected chi connectivity index (χ1v) is 15.8. The van der Waals surface area contributed by atoms with Gasteiger partial charge in [0.05, 0.1) is 0 Å². The minimum atomic E-state index is 1.13. The van der Waals surface area contributed by atoms with Crippen LogP contribution in [0.5, 0.6) is 0 Å². The van der Waals surface area contributed by atoms with Gasteiger partial charge in [0.15, 0.2) is 0 Å². The second kappa shape index (κ2) is 10.1. The molecule has 9 rings (SSSR count). The maximum atomic E-state index is 2.37. The summed E-state index contributed by atoms with van der Waals surface area (Å²) in [5, 5.41) is 10.3. The zero-order chi connectivity index (χ0) is 29.0. The minimum absolute atomic E-state index is 1.13. The van der Waals surface area contributed by atoms with Crippen LogP contribution in [0.4, 0.5) is 17.1 Å². The molecule has 0 saturated carbocycles. The van der Waals surface area contributed by atoms with Crippen molar-refractivity contribution >= 4 is 80.9 Å². The molecular formula is C42H27NS. The van der Waals surface area contributed by atoms with E-state index in [0.29, 0.717) is 0 Å². The molecule has 1 heterocycles. The number of fused-ring (bicyclic) bond motifs is 8. The van der Waals surface area contributed by atoms with Gasteiger partial charge in [-0.1, -0.05) is 121 Å².